The van der Waals surface area contributed by atoms with Gasteiger partial charge in [0.25, 0.3) is 11.4 Å². The minimum absolute atomic E-state index is 0.345. The number of allylic oxidation sites excluding steroid dienone is 1. The molecule has 0 aromatic heterocycles. The second-order valence-electron chi connectivity index (χ2n) is 5.43. The van der Waals surface area contributed by atoms with Crippen LogP contribution in [-0.4, -0.2) is 30.1 Å². The van der Waals surface area contributed by atoms with Gasteiger partial charge in [-0.1, -0.05) is 27.2 Å². The van der Waals surface area contributed by atoms with Gasteiger partial charge in [0, 0.05) is 6.08 Å². The summed E-state index contributed by atoms with van der Waals surface area (Å²) in [5.41, 5.74) is 3.55. The molecule has 11 heteroatoms. The zero-order chi connectivity index (χ0) is 18.2. The Morgan fingerprint density at radius 1 is 1.39 bits per heavy atom. The molecule has 23 heavy (non-hydrogen) atoms. The van der Waals surface area contributed by atoms with Crippen LogP contribution in [0.3, 0.4) is 0 Å². The summed E-state index contributed by atoms with van der Waals surface area (Å²) in [6.07, 6.45) is 1.29. The summed E-state index contributed by atoms with van der Waals surface area (Å²) in [5.74, 6) is -1.78. The molecular weight excluding hydrogens is 328 g/mol. The quantitative estimate of drug-likeness (QED) is 0.524. The highest BCUT2D eigenvalue weighted by Gasteiger charge is 2.59. The van der Waals surface area contributed by atoms with Crippen LogP contribution in [0.4, 0.5) is 0 Å². The maximum atomic E-state index is 12.7. The molecule has 3 atom stereocenters. The van der Waals surface area contributed by atoms with E-state index in [2.05, 4.69) is 4.72 Å². The largest absolute Gasteiger partial charge is 0.388 e. The summed E-state index contributed by atoms with van der Waals surface area (Å²) in [6, 6.07) is 0. The molecule has 3 N–H and O–H groups in total. The van der Waals surface area contributed by atoms with E-state index >= 15 is 0 Å². The van der Waals surface area contributed by atoms with Crippen molar-refractivity contribution in [1.82, 2.24) is 4.72 Å². The second-order valence-corrected chi connectivity index (χ2v) is 7.56. The molecule has 1 aliphatic carbocycles. The third kappa shape index (κ3) is 2.70. The Morgan fingerprint density at radius 2 is 1.91 bits per heavy atom. The van der Waals surface area contributed by atoms with Crippen LogP contribution in [0.25, 0.3) is 0 Å². The van der Waals surface area contributed by atoms with E-state index in [1.165, 1.54) is 14.0 Å². The molecule has 10 nitrogen and oxygen atoms in total. The van der Waals surface area contributed by atoms with Crippen molar-refractivity contribution >= 4 is 10.0 Å². The number of nitrogens with zero attached hydrogens (tertiary/aromatic N) is 2. The van der Waals surface area contributed by atoms with Crippen molar-refractivity contribution < 1.29 is 18.3 Å². The third-order valence-corrected chi connectivity index (χ3v) is 6.85. The van der Waals surface area contributed by atoms with Gasteiger partial charge < -0.3 is 5.73 Å². The molecule has 0 bridgehead atoms. The topological polar surface area (TPSA) is 158 Å². The molecule has 0 saturated carbocycles. The van der Waals surface area contributed by atoms with E-state index < -0.39 is 53.5 Å². The molecule has 130 valence electrons. The zero-order valence-electron chi connectivity index (χ0n) is 13.3. The van der Waals surface area contributed by atoms with Crippen molar-refractivity contribution in [2.24, 2.45) is 17.6 Å². The smallest absolute Gasteiger partial charge is 0.296 e. The van der Waals surface area contributed by atoms with Crippen molar-refractivity contribution in [2.75, 3.05) is 7.05 Å². The number of nitrogens with one attached hydrogen (secondary N) is 1. The molecule has 0 heterocycles. The van der Waals surface area contributed by atoms with Gasteiger partial charge in [0.05, 0.1) is 15.8 Å². The van der Waals surface area contributed by atoms with Crippen LogP contribution in [0.15, 0.2) is 23.2 Å². The summed E-state index contributed by atoms with van der Waals surface area (Å²) >= 11 is 0. The van der Waals surface area contributed by atoms with Crippen LogP contribution in [0.5, 0.6) is 0 Å². The molecule has 0 aromatic rings. The number of rotatable bonds is 6. The lowest BCUT2D eigenvalue weighted by Crippen LogP contribution is -2.56. The minimum atomic E-state index is -4.12. The molecule has 1 rings (SSSR count). The van der Waals surface area contributed by atoms with E-state index in [1.807, 2.05) is 0 Å². The lowest BCUT2D eigenvalue weighted by atomic mass is 9.75. The maximum absolute atomic E-state index is 12.7. The molecule has 0 radical (unpaired) electrons. The Kier molecular flexibility index (Phi) is 5.16. The van der Waals surface area contributed by atoms with Gasteiger partial charge in [-0.3, -0.25) is 20.2 Å². The molecule has 0 amide bonds. The molecular formula is C12H20N4O6S. The Hall–Kier alpha value is -2.01. The number of nitro groups is 2. The first-order valence-corrected chi connectivity index (χ1v) is 8.40. The Bertz CT molecular complexity index is 698. The predicted octanol–water partition coefficient (Wildman–Crippen LogP) is 0.578. The van der Waals surface area contributed by atoms with Gasteiger partial charge in [0.2, 0.25) is 10.0 Å². The molecule has 0 fully saturated rings. The van der Waals surface area contributed by atoms with Crippen LogP contribution in [0.2, 0.25) is 0 Å². The maximum Gasteiger partial charge on any atom is 0.296 e. The Morgan fingerprint density at radius 3 is 2.26 bits per heavy atom. The van der Waals surface area contributed by atoms with Crippen LogP contribution in [0, 0.1) is 32.1 Å². The summed E-state index contributed by atoms with van der Waals surface area (Å²) in [4.78, 5) is 20.9. The van der Waals surface area contributed by atoms with E-state index in [0.29, 0.717) is 6.42 Å². The van der Waals surface area contributed by atoms with E-state index in [4.69, 9.17) is 5.73 Å². The van der Waals surface area contributed by atoms with E-state index in [-0.39, 0.29) is 0 Å². The first-order valence-electron chi connectivity index (χ1n) is 6.92. The van der Waals surface area contributed by atoms with Gasteiger partial charge in [0.1, 0.15) is 4.75 Å². The number of hydrogen-bond acceptors (Lipinski definition) is 7. The van der Waals surface area contributed by atoms with Crippen LogP contribution < -0.4 is 10.5 Å². The molecule has 3 unspecified atom stereocenters. The highest BCUT2D eigenvalue weighted by molar-refractivity contribution is 7.91. The van der Waals surface area contributed by atoms with E-state index in [0.717, 1.165) is 6.08 Å². The minimum Gasteiger partial charge on any atom is -0.388 e. The average molecular weight is 348 g/mol. The fourth-order valence-electron chi connectivity index (χ4n) is 3.04. The first kappa shape index (κ1) is 19.0. The van der Waals surface area contributed by atoms with Crippen molar-refractivity contribution in [3.63, 3.8) is 0 Å². The van der Waals surface area contributed by atoms with Crippen molar-refractivity contribution in [3.8, 4) is 0 Å². The Labute approximate surface area is 133 Å². The van der Waals surface area contributed by atoms with Crippen molar-refractivity contribution in [3.05, 3.63) is 43.4 Å². The summed E-state index contributed by atoms with van der Waals surface area (Å²) in [6.45, 7) is 4.63. The third-order valence-electron chi connectivity index (χ3n) is 4.51. The summed E-state index contributed by atoms with van der Waals surface area (Å²) in [5, 5.41) is 22.6. The lowest BCUT2D eigenvalue weighted by molar-refractivity contribution is -0.446. The monoisotopic (exact) mass is 348 g/mol. The summed E-state index contributed by atoms with van der Waals surface area (Å²) < 4.78 is 25.6. The van der Waals surface area contributed by atoms with Crippen LogP contribution in [-0.2, 0) is 10.0 Å². The molecule has 0 aliphatic heterocycles. The highest BCUT2D eigenvalue weighted by Crippen LogP contribution is 2.45. The second kappa shape index (κ2) is 6.24. The fraction of sp³-hybridized carbons (Fsp3) is 0.667. The summed E-state index contributed by atoms with van der Waals surface area (Å²) in [7, 11) is -2.96. The van der Waals surface area contributed by atoms with Gasteiger partial charge in [-0.15, -0.1) is 0 Å². The standard InChI is InChI=1S/C12H20N4O6S/c1-5-7(2)12(23(21,22)14-4)6-9(15(17)18)10(13)11(8(12)3)16(19)20/h6-8,14H,5,13H2,1-4H3. The molecule has 1 aliphatic rings. The number of hydrogen-bond donors (Lipinski definition) is 2. The normalized spacial score (nSPS) is 26.6. The highest BCUT2D eigenvalue weighted by atomic mass is 32.2. The van der Waals surface area contributed by atoms with Crippen LogP contribution in [0.1, 0.15) is 27.2 Å². The molecule has 0 aromatic carbocycles. The lowest BCUT2D eigenvalue weighted by Gasteiger charge is -2.40. The van der Waals surface area contributed by atoms with Crippen LogP contribution >= 0.6 is 0 Å². The van der Waals surface area contributed by atoms with Crippen molar-refractivity contribution in [2.45, 2.75) is 31.9 Å². The first-order chi connectivity index (χ1) is 10.5. The SMILES string of the molecule is CCC(C)C1(S(=O)(=O)NC)C=C([N+](=O)[O-])C(N)=C([N+](=O)[O-])C1C. The number of nitrogens with two attached hydrogens (primary N) is 1. The van der Waals surface area contributed by atoms with Gasteiger partial charge in [-0.05, 0) is 13.0 Å². The molecule has 0 spiro atoms. The average Bonchev–Trinajstić information content (AvgIpc) is 2.45. The van der Waals surface area contributed by atoms with Gasteiger partial charge in [-0.25, -0.2) is 13.1 Å². The van der Waals surface area contributed by atoms with Gasteiger partial charge in [-0.2, -0.15) is 0 Å². The van der Waals surface area contributed by atoms with Gasteiger partial charge >= 0.3 is 0 Å². The zero-order valence-corrected chi connectivity index (χ0v) is 14.1. The number of sulfonamides is 1. The Balaban J connectivity index is 3.92. The molecule has 0 saturated heterocycles. The van der Waals surface area contributed by atoms with Gasteiger partial charge in [0.15, 0.2) is 5.70 Å². The van der Waals surface area contributed by atoms with Crippen molar-refractivity contribution in [1.29, 1.82) is 0 Å². The fourth-order valence-corrected chi connectivity index (χ4v) is 4.94. The predicted molar refractivity (Wildman–Crippen MR) is 82.6 cm³/mol. The van der Waals surface area contributed by atoms with E-state index in [1.54, 1.807) is 13.8 Å². The van der Waals surface area contributed by atoms with E-state index in [9.17, 15) is 28.6 Å².